The van der Waals surface area contributed by atoms with E-state index in [0.29, 0.717) is 0 Å². The van der Waals surface area contributed by atoms with Crippen molar-refractivity contribution in [3.8, 4) is 0 Å². The fraction of sp³-hybridized carbons (Fsp3) is 0.278. The summed E-state index contributed by atoms with van der Waals surface area (Å²) in [5.41, 5.74) is 3.90. The average molecular weight is 330 g/mol. The summed E-state index contributed by atoms with van der Waals surface area (Å²) < 4.78 is 0. The Morgan fingerprint density at radius 3 is 2.32 bits per heavy atom. The Kier molecular flexibility index (Phi) is 8.76. The van der Waals surface area contributed by atoms with Gasteiger partial charge >= 0.3 is 26.2 Å². The Hall–Kier alpha value is -0.807. The topological polar surface area (TPSA) is 0 Å². The number of rotatable bonds is 1. The maximum absolute atomic E-state index is 3.06. The molecule has 0 atom stereocenters. The van der Waals surface area contributed by atoms with Gasteiger partial charge in [-0.25, -0.2) is 11.1 Å². The number of allylic oxidation sites excluding steroid dienone is 4. The second kappa shape index (κ2) is 9.15. The van der Waals surface area contributed by atoms with Crippen LogP contribution in [0.4, 0.5) is 0 Å². The van der Waals surface area contributed by atoms with Crippen molar-refractivity contribution in [1.29, 1.82) is 0 Å². The smallest absolute Gasteiger partial charge is 0.275 e. The van der Waals surface area contributed by atoms with Crippen LogP contribution < -0.4 is 0 Å². The summed E-state index contributed by atoms with van der Waals surface area (Å²) in [5, 5.41) is 2.69. The van der Waals surface area contributed by atoms with Crippen molar-refractivity contribution in [2.45, 2.75) is 34.6 Å². The maximum Gasteiger partial charge on any atom is 2.00 e. The first-order valence-corrected chi connectivity index (χ1v) is 6.35. The predicted octanol–water partition coefficient (Wildman–Crippen LogP) is 5.59. The summed E-state index contributed by atoms with van der Waals surface area (Å²) in [6, 6.07) is 12.8. The van der Waals surface area contributed by atoms with Gasteiger partial charge in [-0.05, 0) is 0 Å². The van der Waals surface area contributed by atoms with Crippen LogP contribution in [0.2, 0.25) is 0 Å². The van der Waals surface area contributed by atoms with Crippen LogP contribution in [0.1, 0.15) is 33.3 Å². The first kappa shape index (κ1) is 18.2. The van der Waals surface area contributed by atoms with Crippen LogP contribution >= 0.6 is 0 Å². The zero-order chi connectivity index (χ0) is 13.5. The largest absolute Gasteiger partial charge is 2.00 e. The van der Waals surface area contributed by atoms with Crippen LogP contribution in [-0.4, -0.2) is 0 Å². The monoisotopic (exact) mass is 328 g/mol. The van der Waals surface area contributed by atoms with Gasteiger partial charge in [0.2, 0.25) is 0 Å². The van der Waals surface area contributed by atoms with Crippen LogP contribution in [0.25, 0.3) is 10.8 Å². The third-order valence-electron chi connectivity index (χ3n) is 3.16. The zero-order valence-electron chi connectivity index (χ0n) is 12.5. The summed E-state index contributed by atoms with van der Waals surface area (Å²) in [5.74, 6) is 0. The molecule has 2 aromatic carbocycles. The van der Waals surface area contributed by atoms with E-state index in [1.807, 2.05) is 13.8 Å². The third kappa shape index (κ3) is 5.78. The minimum Gasteiger partial charge on any atom is -0.275 e. The molecule has 2 aromatic rings. The molecule has 1 heteroatoms. The van der Waals surface area contributed by atoms with Crippen LogP contribution in [0.15, 0.2) is 53.6 Å². The Morgan fingerprint density at radius 2 is 1.84 bits per heavy atom. The quantitative estimate of drug-likeness (QED) is 0.473. The first-order valence-electron chi connectivity index (χ1n) is 6.35. The van der Waals surface area contributed by atoms with Crippen molar-refractivity contribution in [3.05, 3.63) is 65.3 Å². The molecule has 0 N–H and O–H groups in total. The molecule has 0 saturated carbocycles. The van der Waals surface area contributed by atoms with Crippen molar-refractivity contribution in [2.24, 2.45) is 0 Å². The summed E-state index contributed by atoms with van der Waals surface area (Å²) in [6.07, 6.45) is 5.15. The van der Waals surface area contributed by atoms with Gasteiger partial charge in [0, 0.05) is 0 Å². The Bertz CT molecular complexity index is 507. The van der Waals surface area contributed by atoms with Gasteiger partial charge in [0.15, 0.2) is 0 Å². The molecule has 2 rings (SSSR count). The number of hydrogen-bond acceptors (Lipinski definition) is 0. The van der Waals surface area contributed by atoms with Crippen molar-refractivity contribution >= 4 is 10.8 Å². The number of hydrogen-bond donors (Lipinski definition) is 0. The number of benzene rings is 1. The minimum atomic E-state index is 0. The van der Waals surface area contributed by atoms with Gasteiger partial charge in [0.25, 0.3) is 0 Å². The normalized spacial score (nSPS) is 11.6. The summed E-state index contributed by atoms with van der Waals surface area (Å²) in [4.78, 5) is 0. The molecule has 0 saturated heterocycles. The van der Waals surface area contributed by atoms with Crippen molar-refractivity contribution < 1.29 is 26.2 Å². The van der Waals surface area contributed by atoms with E-state index in [9.17, 15) is 0 Å². The predicted molar refractivity (Wildman–Crippen MR) is 81.8 cm³/mol. The van der Waals surface area contributed by atoms with E-state index in [1.165, 1.54) is 27.5 Å². The molecular formula is C18H22Zr. The SMILES string of the molecule is C[C-]=C(C)C(C)=CC.Cc1cc2ccccc2[cH-]1.[Zr+2]. The molecule has 0 heterocycles. The van der Waals surface area contributed by atoms with Gasteiger partial charge < -0.3 is 0 Å². The van der Waals surface area contributed by atoms with Crippen molar-refractivity contribution in [3.63, 3.8) is 0 Å². The van der Waals surface area contributed by atoms with E-state index in [0.717, 1.165) is 0 Å². The fourth-order valence-electron chi connectivity index (χ4n) is 1.72. The van der Waals surface area contributed by atoms with Crippen LogP contribution in [0.3, 0.4) is 0 Å². The van der Waals surface area contributed by atoms with E-state index < -0.39 is 0 Å². The molecular weight excluding hydrogens is 307 g/mol. The molecule has 0 radical (unpaired) electrons. The van der Waals surface area contributed by atoms with E-state index in [1.54, 1.807) is 0 Å². The molecule has 0 amide bonds. The maximum atomic E-state index is 3.06. The molecule has 0 aliphatic rings. The molecule has 0 spiro atoms. The van der Waals surface area contributed by atoms with Crippen molar-refractivity contribution in [2.75, 3.05) is 0 Å². The van der Waals surface area contributed by atoms with Gasteiger partial charge in [-0.2, -0.15) is 12.1 Å². The number of fused-ring (bicyclic) bond motifs is 1. The van der Waals surface area contributed by atoms with Crippen LogP contribution in [-0.2, 0) is 26.2 Å². The molecule has 0 fully saturated rings. The average Bonchev–Trinajstić information content (AvgIpc) is 2.77. The van der Waals surface area contributed by atoms with Crippen LogP contribution in [0, 0.1) is 13.0 Å². The van der Waals surface area contributed by atoms with Gasteiger partial charge in [-0.3, -0.25) is 6.08 Å². The Labute approximate surface area is 136 Å². The minimum absolute atomic E-state index is 0. The zero-order valence-corrected chi connectivity index (χ0v) is 15.0. The summed E-state index contributed by atoms with van der Waals surface area (Å²) in [7, 11) is 0. The van der Waals surface area contributed by atoms with E-state index in [4.69, 9.17) is 0 Å². The third-order valence-corrected chi connectivity index (χ3v) is 3.16. The van der Waals surface area contributed by atoms with Crippen LogP contribution in [0.5, 0.6) is 0 Å². The van der Waals surface area contributed by atoms with E-state index >= 15 is 0 Å². The van der Waals surface area contributed by atoms with E-state index in [-0.39, 0.29) is 26.2 Å². The Balaban J connectivity index is 0.000000335. The molecule has 0 aliphatic heterocycles. The second-order valence-corrected chi connectivity index (χ2v) is 4.51. The Morgan fingerprint density at radius 1 is 1.21 bits per heavy atom. The molecule has 0 bridgehead atoms. The molecule has 0 nitrogen and oxygen atoms in total. The summed E-state index contributed by atoms with van der Waals surface area (Å²) >= 11 is 0. The molecule has 19 heavy (non-hydrogen) atoms. The summed E-state index contributed by atoms with van der Waals surface area (Å²) in [6.45, 7) is 10.2. The molecule has 0 unspecified atom stereocenters. The van der Waals surface area contributed by atoms with Crippen molar-refractivity contribution in [1.82, 2.24) is 0 Å². The van der Waals surface area contributed by atoms with Gasteiger partial charge in [0.1, 0.15) is 0 Å². The van der Waals surface area contributed by atoms with Gasteiger partial charge in [-0.15, -0.1) is 54.4 Å². The van der Waals surface area contributed by atoms with Gasteiger partial charge in [-0.1, -0.05) is 26.8 Å². The second-order valence-electron chi connectivity index (χ2n) is 4.51. The van der Waals surface area contributed by atoms with Gasteiger partial charge in [0.05, 0.1) is 0 Å². The first-order chi connectivity index (χ1) is 8.58. The standard InChI is InChI=1S/C10H9.C8H13.Zr/c1-8-6-9-4-2-3-5-10(9)7-8;1-5-7(3)8(4)6-2;/h2-7H,1H3;5H,1-4H3;/q2*-1;+2. The molecule has 98 valence electrons. The number of aryl methyl sites for hydroxylation is 1. The molecule has 0 aliphatic carbocycles. The van der Waals surface area contributed by atoms with E-state index in [2.05, 4.69) is 69.3 Å². The fourth-order valence-corrected chi connectivity index (χ4v) is 1.72. The molecule has 0 aromatic heterocycles.